The first-order valence-corrected chi connectivity index (χ1v) is 7.91. The molecule has 0 spiro atoms. The molecule has 124 valence electrons. The molecule has 1 unspecified atom stereocenters. The molecule has 25 heavy (non-hydrogen) atoms. The molecule has 1 saturated heterocycles. The first kappa shape index (κ1) is 15.3. The number of amides is 1. The van der Waals surface area contributed by atoms with Gasteiger partial charge in [0.2, 0.25) is 5.91 Å². The Bertz CT molecular complexity index is 968. The highest BCUT2D eigenvalue weighted by Crippen LogP contribution is 2.33. The predicted octanol–water partition coefficient (Wildman–Crippen LogP) is 2.27. The van der Waals surface area contributed by atoms with Gasteiger partial charge in [0, 0.05) is 37.2 Å². The van der Waals surface area contributed by atoms with Crippen LogP contribution >= 0.6 is 0 Å². The molecular weight excluding hydrogens is 318 g/mol. The van der Waals surface area contributed by atoms with Crippen molar-refractivity contribution in [1.82, 2.24) is 14.4 Å². The zero-order chi connectivity index (χ0) is 17.3. The topological polar surface area (TPSA) is 92.3 Å². The summed E-state index contributed by atoms with van der Waals surface area (Å²) < 4.78 is 7.08. The fraction of sp³-hybridized carbons (Fsp3) is 0.222. The highest BCUT2D eigenvalue weighted by atomic mass is 16.5. The number of pyridine rings is 2. The van der Waals surface area contributed by atoms with Gasteiger partial charge < -0.3 is 10.1 Å². The average molecular weight is 333 g/mol. The third-order valence-electron chi connectivity index (χ3n) is 4.39. The zero-order valence-corrected chi connectivity index (χ0v) is 13.3. The van der Waals surface area contributed by atoms with Gasteiger partial charge >= 0.3 is 0 Å². The molecule has 4 heterocycles. The molecule has 7 heteroatoms. The molecule has 1 amide bonds. The summed E-state index contributed by atoms with van der Waals surface area (Å²) in [6.45, 7) is 0.516. The lowest BCUT2D eigenvalue weighted by atomic mass is 9.88. The molecule has 1 atom stereocenters. The Morgan fingerprint density at radius 2 is 2.16 bits per heavy atom. The molecule has 0 bridgehead atoms. The highest BCUT2D eigenvalue weighted by Gasteiger charge is 2.43. The van der Waals surface area contributed by atoms with E-state index in [0.717, 1.165) is 5.56 Å². The Morgan fingerprint density at radius 3 is 2.88 bits per heavy atom. The minimum absolute atomic E-state index is 0.108. The van der Waals surface area contributed by atoms with Gasteiger partial charge in [-0.05, 0) is 24.3 Å². The summed E-state index contributed by atoms with van der Waals surface area (Å²) in [5.74, 6) is 0.168. The van der Waals surface area contributed by atoms with Crippen LogP contribution in [0.1, 0.15) is 6.42 Å². The third-order valence-corrected chi connectivity index (χ3v) is 4.39. The lowest BCUT2D eigenvalue weighted by Gasteiger charge is -2.18. The number of nitriles is 1. The smallest absolute Gasteiger partial charge is 0.248 e. The Balaban J connectivity index is 1.81. The van der Waals surface area contributed by atoms with Crippen molar-refractivity contribution in [2.24, 2.45) is 5.41 Å². The maximum Gasteiger partial charge on any atom is 0.248 e. The van der Waals surface area contributed by atoms with Crippen LogP contribution in [0.5, 0.6) is 0 Å². The minimum Gasteiger partial charge on any atom is -0.379 e. The molecular formula is C18H15N5O2. The van der Waals surface area contributed by atoms with Gasteiger partial charge in [0.15, 0.2) is 5.41 Å². The summed E-state index contributed by atoms with van der Waals surface area (Å²) in [6, 6.07) is 11.4. The number of imidazole rings is 1. The molecule has 7 nitrogen and oxygen atoms in total. The van der Waals surface area contributed by atoms with Gasteiger partial charge in [0.05, 0.1) is 12.7 Å². The van der Waals surface area contributed by atoms with Gasteiger partial charge in [-0.15, -0.1) is 0 Å². The SMILES string of the molecule is N#CC1(C(=O)Nc2c(-c3ccncc3)nc3ccccn23)CCOC1. The van der Waals surface area contributed by atoms with E-state index in [-0.39, 0.29) is 12.5 Å². The summed E-state index contributed by atoms with van der Waals surface area (Å²) in [4.78, 5) is 21.5. The quantitative estimate of drug-likeness (QED) is 0.794. The summed E-state index contributed by atoms with van der Waals surface area (Å²) in [5.41, 5.74) is 1.02. The van der Waals surface area contributed by atoms with Crippen LogP contribution in [0.2, 0.25) is 0 Å². The van der Waals surface area contributed by atoms with Gasteiger partial charge in [-0.25, -0.2) is 4.98 Å². The van der Waals surface area contributed by atoms with Crippen LogP contribution in [0.25, 0.3) is 16.9 Å². The largest absolute Gasteiger partial charge is 0.379 e. The molecule has 3 aromatic rings. The monoisotopic (exact) mass is 333 g/mol. The number of ether oxygens (including phenoxy) is 1. The third kappa shape index (κ3) is 2.53. The lowest BCUT2D eigenvalue weighted by Crippen LogP contribution is -2.35. The van der Waals surface area contributed by atoms with Gasteiger partial charge in [-0.1, -0.05) is 6.07 Å². The summed E-state index contributed by atoms with van der Waals surface area (Å²) in [5, 5.41) is 12.4. The van der Waals surface area contributed by atoms with Crippen molar-refractivity contribution in [1.29, 1.82) is 5.26 Å². The number of nitrogens with zero attached hydrogens (tertiary/aromatic N) is 4. The molecule has 1 N–H and O–H groups in total. The van der Waals surface area contributed by atoms with Gasteiger partial charge in [-0.3, -0.25) is 14.2 Å². The maximum absolute atomic E-state index is 12.8. The van der Waals surface area contributed by atoms with Crippen LogP contribution in [0.15, 0.2) is 48.9 Å². The predicted molar refractivity (Wildman–Crippen MR) is 90.5 cm³/mol. The molecule has 4 rings (SSSR count). The second-order valence-electron chi connectivity index (χ2n) is 5.92. The van der Waals surface area contributed by atoms with E-state index in [1.807, 2.05) is 36.5 Å². The number of carbonyl (C=O) groups is 1. The number of aromatic nitrogens is 3. The number of carbonyl (C=O) groups excluding carboxylic acids is 1. The molecule has 0 aromatic carbocycles. The molecule has 0 aliphatic carbocycles. The maximum atomic E-state index is 12.8. The van der Waals surface area contributed by atoms with E-state index in [9.17, 15) is 10.1 Å². The minimum atomic E-state index is -1.16. The van der Waals surface area contributed by atoms with Crippen molar-refractivity contribution < 1.29 is 9.53 Å². The van der Waals surface area contributed by atoms with E-state index in [2.05, 4.69) is 21.4 Å². The first-order valence-electron chi connectivity index (χ1n) is 7.91. The van der Waals surface area contributed by atoms with Crippen molar-refractivity contribution in [3.63, 3.8) is 0 Å². The second kappa shape index (κ2) is 6.00. The van der Waals surface area contributed by atoms with Crippen molar-refractivity contribution >= 4 is 17.4 Å². The van der Waals surface area contributed by atoms with Crippen molar-refractivity contribution in [2.75, 3.05) is 18.5 Å². The average Bonchev–Trinajstić information content (AvgIpc) is 3.28. The molecule has 1 aliphatic heterocycles. The van der Waals surface area contributed by atoms with Gasteiger partial charge in [0.1, 0.15) is 17.2 Å². The molecule has 1 aliphatic rings. The zero-order valence-electron chi connectivity index (χ0n) is 13.3. The van der Waals surface area contributed by atoms with Crippen LogP contribution in [0.3, 0.4) is 0 Å². The summed E-state index contributed by atoms with van der Waals surface area (Å²) >= 11 is 0. The number of anilines is 1. The number of rotatable bonds is 3. The number of fused-ring (bicyclic) bond motifs is 1. The summed E-state index contributed by atoms with van der Waals surface area (Å²) in [7, 11) is 0. The summed E-state index contributed by atoms with van der Waals surface area (Å²) in [6.07, 6.45) is 5.56. The van der Waals surface area contributed by atoms with Gasteiger partial charge in [-0.2, -0.15) is 5.26 Å². The standard InChI is InChI=1S/C18H15N5O2/c19-11-18(6-10-25-12-18)17(24)22-16-15(13-4-7-20-8-5-13)21-14-3-1-2-9-23(14)16/h1-5,7-9H,6,10,12H2,(H,22,24). The number of hydrogen-bond acceptors (Lipinski definition) is 5. The van der Waals surface area contributed by atoms with E-state index in [1.165, 1.54) is 0 Å². The second-order valence-corrected chi connectivity index (χ2v) is 5.92. The van der Waals surface area contributed by atoms with E-state index in [1.54, 1.807) is 16.8 Å². The van der Waals surface area contributed by atoms with Crippen LogP contribution in [0.4, 0.5) is 5.82 Å². The Kier molecular flexibility index (Phi) is 3.67. The van der Waals surface area contributed by atoms with E-state index in [0.29, 0.717) is 30.2 Å². The molecule has 0 radical (unpaired) electrons. The van der Waals surface area contributed by atoms with Gasteiger partial charge in [0.25, 0.3) is 0 Å². The molecule has 1 fully saturated rings. The van der Waals surface area contributed by atoms with Crippen molar-refractivity contribution in [2.45, 2.75) is 6.42 Å². The van der Waals surface area contributed by atoms with Crippen LogP contribution in [0, 0.1) is 16.7 Å². The Hall–Kier alpha value is -3.24. The van der Waals surface area contributed by atoms with E-state index < -0.39 is 5.41 Å². The Labute approximate surface area is 143 Å². The van der Waals surface area contributed by atoms with Crippen molar-refractivity contribution in [3.8, 4) is 17.3 Å². The van der Waals surface area contributed by atoms with Crippen LogP contribution < -0.4 is 5.32 Å². The van der Waals surface area contributed by atoms with Crippen LogP contribution in [-0.4, -0.2) is 33.5 Å². The lowest BCUT2D eigenvalue weighted by molar-refractivity contribution is -0.122. The fourth-order valence-corrected chi connectivity index (χ4v) is 2.94. The molecule has 0 saturated carbocycles. The van der Waals surface area contributed by atoms with E-state index >= 15 is 0 Å². The Morgan fingerprint density at radius 1 is 1.32 bits per heavy atom. The molecule has 3 aromatic heterocycles. The van der Waals surface area contributed by atoms with Crippen molar-refractivity contribution in [3.05, 3.63) is 48.9 Å². The fourth-order valence-electron chi connectivity index (χ4n) is 2.94. The highest BCUT2D eigenvalue weighted by molar-refractivity contribution is 6.00. The normalized spacial score (nSPS) is 19.6. The number of hydrogen-bond donors (Lipinski definition) is 1. The van der Waals surface area contributed by atoms with E-state index in [4.69, 9.17) is 4.74 Å². The van der Waals surface area contributed by atoms with Crippen LogP contribution in [-0.2, 0) is 9.53 Å². The first-order chi connectivity index (χ1) is 12.2. The number of nitrogens with one attached hydrogen (secondary N) is 1.